The molecule has 0 bridgehead atoms. The second kappa shape index (κ2) is 4.16. The van der Waals surface area contributed by atoms with Crippen molar-refractivity contribution in [3.05, 3.63) is 48.0 Å². The van der Waals surface area contributed by atoms with Gasteiger partial charge in [-0.05, 0) is 31.2 Å². The molecule has 0 spiro atoms. The molecule has 0 aliphatic rings. The topological polar surface area (TPSA) is 80.4 Å². The summed E-state index contributed by atoms with van der Waals surface area (Å²) in [6.45, 7) is 1.73. The lowest BCUT2D eigenvalue weighted by atomic mass is 10.1. The summed E-state index contributed by atoms with van der Waals surface area (Å²) in [5, 5.41) is 13.4. The standard InChI is InChI=1S/C13H10N4O2/c1-8-15-12-10(13(18)19)2-3-11(17(12)16-8)9-4-6-14-7-5-9/h2-7H,1H3,(H,18,19). The average Bonchev–Trinajstić information content (AvgIpc) is 2.79. The molecule has 0 atom stereocenters. The fourth-order valence-corrected chi connectivity index (χ4v) is 1.97. The zero-order valence-electron chi connectivity index (χ0n) is 10.1. The molecule has 3 rings (SSSR count). The van der Waals surface area contributed by atoms with E-state index in [1.807, 2.05) is 12.1 Å². The van der Waals surface area contributed by atoms with Gasteiger partial charge in [0.15, 0.2) is 5.65 Å². The van der Waals surface area contributed by atoms with Crippen molar-refractivity contribution in [3.63, 3.8) is 0 Å². The van der Waals surface area contributed by atoms with Crippen LogP contribution in [0.25, 0.3) is 16.9 Å². The Bertz CT molecular complexity index is 765. The molecular formula is C13H10N4O2. The van der Waals surface area contributed by atoms with Crippen LogP contribution in [0.5, 0.6) is 0 Å². The highest BCUT2D eigenvalue weighted by molar-refractivity contribution is 5.95. The Morgan fingerprint density at radius 3 is 2.63 bits per heavy atom. The molecule has 19 heavy (non-hydrogen) atoms. The molecule has 0 aliphatic carbocycles. The van der Waals surface area contributed by atoms with Crippen molar-refractivity contribution in [2.24, 2.45) is 0 Å². The summed E-state index contributed by atoms with van der Waals surface area (Å²) in [6, 6.07) is 6.94. The molecule has 0 radical (unpaired) electrons. The quantitative estimate of drug-likeness (QED) is 0.754. The Labute approximate surface area is 108 Å². The first kappa shape index (κ1) is 11.3. The van der Waals surface area contributed by atoms with Crippen molar-refractivity contribution >= 4 is 11.6 Å². The number of carboxylic acid groups (broad SMARTS) is 1. The molecule has 0 amide bonds. The molecular weight excluding hydrogens is 244 g/mol. The molecule has 0 aromatic carbocycles. The number of carbonyl (C=O) groups is 1. The average molecular weight is 254 g/mol. The molecule has 3 aromatic rings. The van der Waals surface area contributed by atoms with Gasteiger partial charge >= 0.3 is 5.97 Å². The molecule has 0 aliphatic heterocycles. The minimum Gasteiger partial charge on any atom is -0.478 e. The first-order chi connectivity index (χ1) is 9.16. The highest BCUT2D eigenvalue weighted by Gasteiger charge is 2.15. The van der Waals surface area contributed by atoms with Gasteiger partial charge in [-0.3, -0.25) is 4.98 Å². The van der Waals surface area contributed by atoms with Gasteiger partial charge in [0.05, 0.1) is 5.69 Å². The van der Waals surface area contributed by atoms with Crippen molar-refractivity contribution in [3.8, 4) is 11.3 Å². The smallest absolute Gasteiger partial charge is 0.339 e. The molecule has 94 valence electrons. The number of nitrogens with zero attached hydrogens (tertiary/aromatic N) is 4. The van der Waals surface area contributed by atoms with Gasteiger partial charge in [-0.15, -0.1) is 0 Å². The summed E-state index contributed by atoms with van der Waals surface area (Å²) in [4.78, 5) is 19.3. The number of aryl methyl sites for hydroxylation is 1. The maximum Gasteiger partial charge on any atom is 0.339 e. The summed E-state index contributed by atoms with van der Waals surface area (Å²) in [6.07, 6.45) is 3.35. The largest absolute Gasteiger partial charge is 0.478 e. The zero-order chi connectivity index (χ0) is 13.4. The predicted molar refractivity (Wildman–Crippen MR) is 67.9 cm³/mol. The van der Waals surface area contributed by atoms with Crippen molar-refractivity contribution in [1.29, 1.82) is 0 Å². The molecule has 6 heteroatoms. The van der Waals surface area contributed by atoms with Crippen LogP contribution >= 0.6 is 0 Å². The van der Waals surface area contributed by atoms with E-state index in [1.165, 1.54) is 0 Å². The Morgan fingerprint density at radius 2 is 1.95 bits per heavy atom. The van der Waals surface area contributed by atoms with E-state index in [0.29, 0.717) is 11.5 Å². The Hall–Kier alpha value is -2.76. The van der Waals surface area contributed by atoms with Gasteiger partial charge in [-0.1, -0.05) is 0 Å². The number of carboxylic acids is 1. The SMILES string of the molecule is Cc1nc2c(C(=O)O)ccc(-c3ccncc3)n2n1. The van der Waals surface area contributed by atoms with Gasteiger partial charge in [0.2, 0.25) is 0 Å². The van der Waals surface area contributed by atoms with Crippen LogP contribution in [-0.2, 0) is 0 Å². The van der Waals surface area contributed by atoms with Crippen LogP contribution in [0.3, 0.4) is 0 Å². The van der Waals surface area contributed by atoms with Crippen LogP contribution in [0.15, 0.2) is 36.7 Å². The van der Waals surface area contributed by atoms with Gasteiger partial charge in [-0.2, -0.15) is 5.10 Å². The first-order valence-corrected chi connectivity index (χ1v) is 5.67. The van der Waals surface area contributed by atoms with E-state index in [9.17, 15) is 4.79 Å². The van der Waals surface area contributed by atoms with E-state index in [0.717, 1.165) is 11.3 Å². The summed E-state index contributed by atoms with van der Waals surface area (Å²) in [5.74, 6) is -0.484. The summed E-state index contributed by atoms with van der Waals surface area (Å²) in [7, 11) is 0. The highest BCUT2D eigenvalue weighted by atomic mass is 16.4. The van der Waals surface area contributed by atoms with E-state index >= 15 is 0 Å². The number of rotatable bonds is 2. The number of aromatic nitrogens is 4. The van der Waals surface area contributed by atoms with E-state index < -0.39 is 5.97 Å². The number of aromatic carboxylic acids is 1. The molecule has 0 unspecified atom stereocenters. The van der Waals surface area contributed by atoms with Crippen molar-refractivity contribution in [2.45, 2.75) is 6.92 Å². The van der Waals surface area contributed by atoms with Crippen LogP contribution in [0.1, 0.15) is 16.2 Å². The summed E-state index contributed by atoms with van der Waals surface area (Å²) >= 11 is 0. The van der Waals surface area contributed by atoms with E-state index in [2.05, 4.69) is 15.1 Å². The van der Waals surface area contributed by atoms with Crippen LogP contribution in [0.2, 0.25) is 0 Å². The minimum atomic E-state index is -1.02. The minimum absolute atomic E-state index is 0.137. The Kier molecular flexibility index (Phi) is 2.49. The van der Waals surface area contributed by atoms with Gasteiger partial charge in [0.1, 0.15) is 11.4 Å². The van der Waals surface area contributed by atoms with Crippen molar-refractivity contribution in [1.82, 2.24) is 19.6 Å². The predicted octanol–water partition coefficient (Wildman–Crippen LogP) is 1.80. The van der Waals surface area contributed by atoms with Gasteiger partial charge in [-0.25, -0.2) is 14.3 Å². The van der Waals surface area contributed by atoms with Crippen LogP contribution < -0.4 is 0 Å². The van der Waals surface area contributed by atoms with E-state index in [-0.39, 0.29) is 5.56 Å². The maximum absolute atomic E-state index is 11.2. The third-order valence-electron chi connectivity index (χ3n) is 2.80. The van der Waals surface area contributed by atoms with E-state index in [1.54, 1.807) is 36.0 Å². The van der Waals surface area contributed by atoms with Gasteiger partial charge < -0.3 is 5.11 Å². The zero-order valence-corrected chi connectivity index (χ0v) is 10.1. The molecule has 6 nitrogen and oxygen atoms in total. The number of fused-ring (bicyclic) bond motifs is 1. The van der Waals surface area contributed by atoms with Crippen molar-refractivity contribution in [2.75, 3.05) is 0 Å². The molecule has 1 N–H and O–H groups in total. The lowest BCUT2D eigenvalue weighted by Gasteiger charge is -2.05. The second-order valence-corrected chi connectivity index (χ2v) is 4.07. The number of hydrogen-bond acceptors (Lipinski definition) is 4. The van der Waals surface area contributed by atoms with Crippen LogP contribution in [0, 0.1) is 6.92 Å². The van der Waals surface area contributed by atoms with Gasteiger partial charge in [0, 0.05) is 18.0 Å². The first-order valence-electron chi connectivity index (χ1n) is 5.67. The molecule has 0 saturated carbocycles. The summed E-state index contributed by atoms with van der Waals surface area (Å²) < 4.78 is 1.55. The Balaban J connectivity index is 2.34. The molecule has 3 heterocycles. The lowest BCUT2D eigenvalue weighted by molar-refractivity contribution is 0.0698. The monoisotopic (exact) mass is 254 g/mol. The van der Waals surface area contributed by atoms with Crippen LogP contribution in [0.4, 0.5) is 0 Å². The fourth-order valence-electron chi connectivity index (χ4n) is 1.97. The highest BCUT2D eigenvalue weighted by Crippen LogP contribution is 2.21. The number of hydrogen-bond donors (Lipinski definition) is 1. The lowest BCUT2D eigenvalue weighted by Crippen LogP contribution is -2.03. The maximum atomic E-state index is 11.2. The second-order valence-electron chi connectivity index (χ2n) is 4.07. The van der Waals surface area contributed by atoms with Crippen LogP contribution in [-0.4, -0.2) is 30.7 Å². The van der Waals surface area contributed by atoms with Gasteiger partial charge in [0.25, 0.3) is 0 Å². The van der Waals surface area contributed by atoms with E-state index in [4.69, 9.17) is 5.11 Å². The van der Waals surface area contributed by atoms with Crippen molar-refractivity contribution < 1.29 is 9.90 Å². The molecule has 3 aromatic heterocycles. The third-order valence-corrected chi connectivity index (χ3v) is 2.80. The fraction of sp³-hybridized carbons (Fsp3) is 0.0769. The normalized spacial score (nSPS) is 10.8. The molecule has 0 fully saturated rings. The Morgan fingerprint density at radius 1 is 1.21 bits per heavy atom. The third kappa shape index (κ3) is 1.83. The number of pyridine rings is 2. The molecule has 0 saturated heterocycles. The summed E-state index contributed by atoms with van der Waals surface area (Å²) in [5.41, 5.74) is 2.17.